The standard InChI is InChI=1S/C9H14O2/c1-2-3-4-5-6-7-8-11-9-10/h2-3,7-9H,4-6H2,1H3. The van der Waals surface area contributed by atoms with Crippen LogP contribution in [0.15, 0.2) is 24.5 Å². The fourth-order valence-corrected chi connectivity index (χ4v) is 0.676. The molecule has 0 spiro atoms. The van der Waals surface area contributed by atoms with E-state index in [9.17, 15) is 4.79 Å². The molecule has 0 heterocycles. The Morgan fingerprint density at radius 1 is 1.27 bits per heavy atom. The molecule has 0 aliphatic carbocycles. The molecule has 0 saturated carbocycles. The number of carbonyl (C=O) groups is 1. The van der Waals surface area contributed by atoms with Crippen LogP contribution < -0.4 is 0 Å². The van der Waals surface area contributed by atoms with E-state index >= 15 is 0 Å². The molecule has 0 rings (SSSR count). The van der Waals surface area contributed by atoms with E-state index in [2.05, 4.69) is 10.8 Å². The van der Waals surface area contributed by atoms with Gasteiger partial charge in [-0.05, 0) is 32.3 Å². The lowest BCUT2D eigenvalue weighted by Crippen LogP contribution is -1.73. The molecule has 0 saturated heterocycles. The highest BCUT2D eigenvalue weighted by atomic mass is 16.5. The predicted octanol–water partition coefficient (Wildman–Crippen LogP) is 2.42. The molecule has 0 fully saturated rings. The minimum Gasteiger partial charge on any atom is -0.437 e. The topological polar surface area (TPSA) is 26.3 Å². The maximum absolute atomic E-state index is 9.66. The van der Waals surface area contributed by atoms with Crippen molar-refractivity contribution in [2.75, 3.05) is 0 Å². The van der Waals surface area contributed by atoms with Crippen LogP contribution in [0.3, 0.4) is 0 Å². The van der Waals surface area contributed by atoms with Crippen molar-refractivity contribution in [1.82, 2.24) is 0 Å². The second-order valence-corrected chi connectivity index (χ2v) is 2.10. The molecule has 0 aliphatic heterocycles. The van der Waals surface area contributed by atoms with Crippen LogP contribution in [0, 0.1) is 0 Å². The van der Waals surface area contributed by atoms with Crippen LogP contribution in [0.2, 0.25) is 0 Å². The number of rotatable bonds is 6. The molecular weight excluding hydrogens is 140 g/mol. The van der Waals surface area contributed by atoms with Crippen LogP contribution in [-0.2, 0) is 9.53 Å². The molecule has 0 unspecified atom stereocenters. The Hall–Kier alpha value is -1.05. The van der Waals surface area contributed by atoms with Crippen LogP contribution in [0.5, 0.6) is 0 Å². The second kappa shape index (κ2) is 8.95. The average Bonchev–Trinajstić information content (AvgIpc) is 2.03. The molecule has 2 heteroatoms. The van der Waals surface area contributed by atoms with Crippen molar-refractivity contribution in [3.05, 3.63) is 24.5 Å². The summed E-state index contributed by atoms with van der Waals surface area (Å²) in [5.41, 5.74) is 0. The molecule has 62 valence electrons. The molecule has 0 aromatic rings. The highest BCUT2D eigenvalue weighted by molar-refractivity contribution is 5.38. The van der Waals surface area contributed by atoms with Crippen molar-refractivity contribution < 1.29 is 9.53 Å². The Bertz CT molecular complexity index is 136. The number of ether oxygens (including phenoxy) is 1. The fraction of sp³-hybridized carbons (Fsp3) is 0.444. The zero-order chi connectivity index (χ0) is 8.36. The van der Waals surface area contributed by atoms with Gasteiger partial charge in [0.2, 0.25) is 0 Å². The van der Waals surface area contributed by atoms with Crippen LogP contribution in [-0.4, -0.2) is 6.47 Å². The van der Waals surface area contributed by atoms with Gasteiger partial charge in [-0.1, -0.05) is 12.2 Å². The van der Waals surface area contributed by atoms with E-state index in [1.807, 2.05) is 19.1 Å². The number of hydrogen-bond donors (Lipinski definition) is 0. The summed E-state index contributed by atoms with van der Waals surface area (Å²) in [4.78, 5) is 9.66. The van der Waals surface area contributed by atoms with Gasteiger partial charge in [-0.25, -0.2) is 0 Å². The first-order chi connectivity index (χ1) is 5.41. The van der Waals surface area contributed by atoms with E-state index in [0.29, 0.717) is 6.47 Å². The molecule has 0 amide bonds. The monoisotopic (exact) mass is 154 g/mol. The minimum absolute atomic E-state index is 0.419. The third-order valence-electron chi connectivity index (χ3n) is 1.21. The Balaban J connectivity index is 3.06. The highest BCUT2D eigenvalue weighted by Crippen LogP contribution is 1.97. The van der Waals surface area contributed by atoms with E-state index < -0.39 is 0 Å². The maximum Gasteiger partial charge on any atom is 0.297 e. The van der Waals surface area contributed by atoms with E-state index in [1.165, 1.54) is 6.26 Å². The Kier molecular flexibility index (Phi) is 8.10. The van der Waals surface area contributed by atoms with Gasteiger partial charge in [0, 0.05) is 0 Å². The van der Waals surface area contributed by atoms with Gasteiger partial charge in [0.15, 0.2) is 0 Å². The summed E-state index contributed by atoms with van der Waals surface area (Å²) < 4.78 is 4.36. The van der Waals surface area contributed by atoms with Crippen molar-refractivity contribution in [2.45, 2.75) is 26.2 Å². The minimum atomic E-state index is 0.419. The molecule has 11 heavy (non-hydrogen) atoms. The molecule has 0 bridgehead atoms. The Morgan fingerprint density at radius 3 is 2.64 bits per heavy atom. The Labute approximate surface area is 67.6 Å². The first-order valence-electron chi connectivity index (χ1n) is 3.77. The lowest BCUT2D eigenvalue weighted by atomic mass is 10.2. The number of hydrogen-bond acceptors (Lipinski definition) is 2. The molecule has 0 atom stereocenters. The van der Waals surface area contributed by atoms with E-state index in [4.69, 9.17) is 0 Å². The highest BCUT2D eigenvalue weighted by Gasteiger charge is 1.78. The van der Waals surface area contributed by atoms with Gasteiger partial charge in [-0.15, -0.1) is 0 Å². The summed E-state index contributed by atoms with van der Waals surface area (Å²) in [5.74, 6) is 0. The summed E-state index contributed by atoms with van der Waals surface area (Å²) in [5, 5.41) is 0. The van der Waals surface area contributed by atoms with Crippen molar-refractivity contribution in [1.29, 1.82) is 0 Å². The van der Waals surface area contributed by atoms with Gasteiger partial charge in [0.05, 0.1) is 6.26 Å². The lowest BCUT2D eigenvalue weighted by molar-refractivity contribution is -0.123. The molecular formula is C9H14O2. The number of unbranched alkanes of at least 4 members (excludes halogenated alkanes) is 2. The summed E-state index contributed by atoms with van der Waals surface area (Å²) in [7, 11) is 0. The van der Waals surface area contributed by atoms with Crippen LogP contribution in [0.25, 0.3) is 0 Å². The SMILES string of the molecule is CC=CCCCC=COC=O. The first-order valence-corrected chi connectivity index (χ1v) is 3.77. The average molecular weight is 154 g/mol. The summed E-state index contributed by atoms with van der Waals surface area (Å²) in [6.45, 7) is 2.42. The van der Waals surface area contributed by atoms with Crippen molar-refractivity contribution in [2.24, 2.45) is 0 Å². The zero-order valence-corrected chi connectivity index (χ0v) is 6.82. The van der Waals surface area contributed by atoms with Crippen molar-refractivity contribution in [3.8, 4) is 0 Å². The number of allylic oxidation sites excluding steroid dienone is 3. The third kappa shape index (κ3) is 8.95. The molecule has 0 aromatic heterocycles. The fourth-order valence-electron chi connectivity index (χ4n) is 0.676. The zero-order valence-electron chi connectivity index (χ0n) is 6.82. The van der Waals surface area contributed by atoms with E-state index in [1.54, 1.807) is 0 Å². The van der Waals surface area contributed by atoms with Crippen molar-refractivity contribution in [3.63, 3.8) is 0 Å². The second-order valence-electron chi connectivity index (χ2n) is 2.10. The quantitative estimate of drug-likeness (QED) is 0.254. The lowest BCUT2D eigenvalue weighted by Gasteiger charge is -1.88. The summed E-state index contributed by atoms with van der Waals surface area (Å²) in [6.07, 6.45) is 10.6. The molecule has 0 aromatic carbocycles. The third-order valence-corrected chi connectivity index (χ3v) is 1.21. The van der Waals surface area contributed by atoms with E-state index in [-0.39, 0.29) is 0 Å². The predicted molar refractivity (Wildman–Crippen MR) is 45.0 cm³/mol. The first kappa shape index (κ1) is 9.95. The molecule has 0 N–H and O–H groups in total. The molecule has 2 nitrogen and oxygen atoms in total. The van der Waals surface area contributed by atoms with Gasteiger partial charge in [0.25, 0.3) is 6.47 Å². The van der Waals surface area contributed by atoms with Crippen LogP contribution >= 0.6 is 0 Å². The summed E-state index contributed by atoms with van der Waals surface area (Å²) in [6, 6.07) is 0. The Morgan fingerprint density at radius 2 is 2.00 bits per heavy atom. The largest absolute Gasteiger partial charge is 0.437 e. The van der Waals surface area contributed by atoms with Gasteiger partial charge in [-0.3, -0.25) is 4.79 Å². The number of carbonyl (C=O) groups excluding carboxylic acids is 1. The van der Waals surface area contributed by atoms with E-state index in [0.717, 1.165) is 19.3 Å². The maximum atomic E-state index is 9.66. The smallest absolute Gasteiger partial charge is 0.297 e. The van der Waals surface area contributed by atoms with Gasteiger partial charge in [0.1, 0.15) is 0 Å². The van der Waals surface area contributed by atoms with Gasteiger partial charge < -0.3 is 4.74 Å². The molecule has 0 radical (unpaired) electrons. The van der Waals surface area contributed by atoms with Crippen LogP contribution in [0.1, 0.15) is 26.2 Å². The van der Waals surface area contributed by atoms with Gasteiger partial charge >= 0.3 is 0 Å². The summed E-state index contributed by atoms with van der Waals surface area (Å²) >= 11 is 0. The normalized spacial score (nSPS) is 11.0. The van der Waals surface area contributed by atoms with Gasteiger partial charge in [-0.2, -0.15) is 0 Å². The van der Waals surface area contributed by atoms with Crippen molar-refractivity contribution >= 4 is 6.47 Å². The van der Waals surface area contributed by atoms with Crippen LogP contribution in [0.4, 0.5) is 0 Å². The molecule has 0 aliphatic rings.